The lowest BCUT2D eigenvalue weighted by molar-refractivity contribution is 0.0780. The van der Waals surface area contributed by atoms with E-state index in [9.17, 15) is 9.18 Å². The van der Waals surface area contributed by atoms with Crippen LogP contribution in [0.2, 0.25) is 0 Å². The van der Waals surface area contributed by atoms with Crippen molar-refractivity contribution in [3.63, 3.8) is 0 Å². The van der Waals surface area contributed by atoms with E-state index >= 15 is 0 Å². The third-order valence-corrected chi connectivity index (χ3v) is 3.70. The van der Waals surface area contributed by atoms with Gasteiger partial charge in [0.15, 0.2) is 0 Å². The highest BCUT2D eigenvalue weighted by Gasteiger charge is 2.31. The predicted molar refractivity (Wildman–Crippen MR) is 65.4 cm³/mol. The maximum atomic E-state index is 13.9. The van der Waals surface area contributed by atoms with E-state index in [0.717, 1.165) is 13.1 Å². The van der Waals surface area contributed by atoms with Crippen LogP contribution in [0.25, 0.3) is 0 Å². The molecule has 0 saturated carbocycles. The Morgan fingerprint density at radius 1 is 1.29 bits per heavy atom. The largest absolute Gasteiger partial charge is 0.338 e. The van der Waals surface area contributed by atoms with Crippen molar-refractivity contribution in [2.24, 2.45) is 11.8 Å². The first-order chi connectivity index (χ1) is 8.00. The van der Waals surface area contributed by atoms with Crippen molar-refractivity contribution in [1.82, 2.24) is 4.90 Å². The molecule has 2 nitrogen and oxygen atoms in total. The number of likely N-dealkylation sites (tertiary alicyclic amines) is 1. The lowest BCUT2D eigenvalue weighted by atomic mass is 10.0. The third-order valence-electron chi connectivity index (χ3n) is 3.70. The number of amides is 1. The second-order valence-electron chi connectivity index (χ2n) is 5.10. The molecule has 1 heterocycles. The van der Waals surface area contributed by atoms with Crippen molar-refractivity contribution in [2.75, 3.05) is 13.1 Å². The summed E-state index contributed by atoms with van der Waals surface area (Å²) in [6, 6.07) is 4.98. The molecular formula is C14H18FNO. The van der Waals surface area contributed by atoms with Crippen LogP contribution in [0.5, 0.6) is 0 Å². The van der Waals surface area contributed by atoms with E-state index in [4.69, 9.17) is 0 Å². The van der Waals surface area contributed by atoms with Gasteiger partial charge in [-0.1, -0.05) is 26.0 Å². The van der Waals surface area contributed by atoms with Gasteiger partial charge < -0.3 is 4.90 Å². The fourth-order valence-electron chi connectivity index (χ4n) is 2.28. The number of nitrogens with zero attached hydrogens (tertiary/aromatic N) is 1. The van der Waals surface area contributed by atoms with Gasteiger partial charge in [0, 0.05) is 13.1 Å². The van der Waals surface area contributed by atoms with E-state index in [1.54, 1.807) is 30.0 Å². The maximum Gasteiger partial charge on any atom is 0.256 e. The summed E-state index contributed by atoms with van der Waals surface area (Å²) in [6.07, 6.45) is 0. The number of aryl methyl sites for hydroxylation is 1. The zero-order valence-corrected chi connectivity index (χ0v) is 10.5. The van der Waals surface area contributed by atoms with Gasteiger partial charge in [-0.15, -0.1) is 0 Å². The van der Waals surface area contributed by atoms with E-state index < -0.39 is 0 Å². The molecule has 0 aromatic heterocycles. The topological polar surface area (TPSA) is 20.3 Å². The van der Waals surface area contributed by atoms with Gasteiger partial charge in [-0.3, -0.25) is 4.79 Å². The van der Waals surface area contributed by atoms with Crippen LogP contribution in [0, 0.1) is 24.6 Å². The summed E-state index contributed by atoms with van der Waals surface area (Å²) < 4.78 is 13.9. The number of hydrogen-bond donors (Lipinski definition) is 0. The SMILES string of the molecule is Cc1cccc(C(=O)N2CC(C)C(C)C2)c1F. The Morgan fingerprint density at radius 3 is 2.47 bits per heavy atom. The zero-order chi connectivity index (χ0) is 12.6. The van der Waals surface area contributed by atoms with Crippen LogP contribution in [0.3, 0.4) is 0 Å². The summed E-state index contributed by atoms with van der Waals surface area (Å²) >= 11 is 0. The second kappa shape index (κ2) is 4.47. The van der Waals surface area contributed by atoms with Crippen LogP contribution in [0.1, 0.15) is 29.8 Å². The average Bonchev–Trinajstić information content (AvgIpc) is 2.62. The highest BCUT2D eigenvalue weighted by Crippen LogP contribution is 2.24. The Bertz CT molecular complexity index is 434. The molecule has 1 aromatic rings. The van der Waals surface area contributed by atoms with E-state index in [1.165, 1.54) is 0 Å². The number of halogens is 1. The molecule has 2 rings (SSSR count). The molecular weight excluding hydrogens is 217 g/mol. The monoisotopic (exact) mass is 235 g/mol. The number of rotatable bonds is 1. The first-order valence-electron chi connectivity index (χ1n) is 6.05. The van der Waals surface area contributed by atoms with Crippen molar-refractivity contribution in [2.45, 2.75) is 20.8 Å². The molecule has 2 atom stereocenters. The fourth-order valence-corrected chi connectivity index (χ4v) is 2.28. The van der Waals surface area contributed by atoms with Crippen LogP contribution in [0.4, 0.5) is 4.39 Å². The average molecular weight is 235 g/mol. The molecule has 1 aliphatic heterocycles. The predicted octanol–water partition coefficient (Wildman–Crippen LogP) is 2.86. The highest BCUT2D eigenvalue weighted by molar-refractivity contribution is 5.94. The van der Waals surface area contributed by atoms with Crippen LogP contribution < -0.4 is 0 Å². The minimum absolute atomic E-state index is 0.178. The first kappa shape index (κ1) is 12.1. The molecule has 0 radical (unpaired) electrons. The molecule has 1 aliphatic rings. The molecule has 0 bridgehead atoms. The summed E-state index contributed by atoms with van der Waals surface area (Å²) in [6.45, 7) is 7.40. The van der Waals surface area contributed by atoms with Gasteiger partial charge in [0.2, 0.25) is 0 Å². The minimum atomic E-state index is -0.385. The van der Waals surface area contributed by atoms with Gasteiger partial charge in [0.25, 0.3) is 5.91 Å². The van der Waals surface area contributed by atoms with Crippen molar-refractivity contribution >= 4 is 5.91 Å². The Morgan fingerprint density at radius 2 is 1.88 bits per heavy atom. The molecule has 0 spiro atoms. The Kier molecular flexibility index (Phi) is 3.18. The summed E-state index contributed by atoms with van der Waals surface area (Å²) in [7, 11) is 0. The van der Waals surface area contributed by atoms with Crippen molar-refractivity contribution in [3.8, 4) is 0 Å². The molecule has 17 heavy (non-hydrogen) atoms. The van der Waals surface area contributed by atoms with Gasteiger partial charge in [-0.2, -0.15) is 0 Å². The standard InChI is InChI=1S/C14H18FNO/c1-9-5-4-6-12(13(9)15)14(17)16-7-10(2)11(3)8-16/h4-6,10-11H,7-8H2,1-3H3. The van der Waals surface area contributed by atoms with Gasteiger partial charge in [-0.25, -0.2) is 4.39 Å². The molecule has 3 heteroatoms. The Hall–Kier alpha value is -1.38. The van der Waals surface area contributed by atoms with Crippen molar-refractivity contribution in [1.29, 1.82) is 0 Å². The lowest BCUT2D eigenvalue weighted by Gasteiger charge is -2.16. The van der Waals surface area contributed by atoms with E-state index in [2.05, 4.69) is 13.8 Å². The number of hydrogen-bond acceptors (Lipinski definition) is 1. The van der Waals surface area contributed by atoms with Gasteiger partial charge in [0.05, 0.1) is 5.56 Å². The molecule has 0 N–H and O–H groups in total. The van der Waals surface area contributed by atoms with Crippen molar-refractivity contribution < 1.29 is 9.18 Å². The molecule has 92 valence electrons. The highest BCUT2D eigenvalue weighted by atomic mass is 19.1. The van der Waals surface area contributed by atoms with Crippen molar-refractivity contribution in [3.05, 3.63) is 35.1 Å². The Labute approximate surface area is 101 Å². The minimum Gasteiger partial charge on any atom is -0.338 e. The number of carbonyl (C=O) groups excluding carboxylic acids is 1. The van der Waals surface area contributed by atoms with Crippen LogP contribution in [-0.4, -0.2) is 23.9 Å². The number of carbonyl (C=O) groups is 1. The zero-order valence-electron chi connectivity index (χ0n) is 10.5. The van der Waals surface area contributed by atoms with Gasteiger partial charge >= 0.3 is 0 Å². The second-order valence-corrected chi connectivity index (χ2v) is 5.10. The van der Waals surface area contributed by atoms with E-state index in [-0.39, 0.29) is 17.3 Å². The summed E-state index contributed by atoms with van der Waals surface area (Å²) in [4.78, 5) is 14.0. The quantitative estimate of drug-likeness (QED) is 0.733. The first-order valence-corrected chi connectivity index (χ1v) is 6.05. The van der Waals surface area contributed by atoms with Crippen LogP contribution in [0.15, 0.2) is 18.2 Å². The normalized spacial score (nSPS) is 24.1. The molecule has 1 aromatic carbocycles. The summed E-state index contributed by atoms with van der Waals surface area (Å²) in [5.41, 5.74) is 0.724. The summed E-state index contributed by atoms with van der Waals surface area (Å²) in [5.74, 6) is 0.422. The molecule has 1 saturated heterocycles. The van der Waals surface area contributed by atoms with E-state index in [1.807, 2.05) is 0 Å². The lowest BCUT2D eigenvalue weighted by Crippen LogP contribution is -2.29. The van der Waals surface area contributed by atoms with Crippen LogP contribution in [-0.2, 0) is 0 Å². The molecule has 2 unspecified atom stereocenters. The molecule has 1 amide bonds. The van der Waals surface area contributed by atoms with Gasteiger partial charge in [-0.05, 0) is 30.4 Å². The maximum absolute atomic E-state index is 13.9. The van der Waals surface area contributed by atoms with E-state index in [0.29, 0.717) is 17.4 Å². The van der Waals surface area contributed by atoms with Gasteiger partial charge in [0.1, 0.15) is 5.82 Å². The molecule has 0 aliphatic carbocycles. The molecule has 1 fully saturated rings. The van der Waals surface area contributed by atoms with Crippen LogP contribution >= 0.6 is 0 Å². The summed E-state index contributed by atoms with van der Waals surface area (Å²) in [5, 5.41) is 0. The number of benzene rings is 1. The fraction of sp³-hybridized carbons (Fsp3) is 0.500. The smallest absolute Gasteiger partial charge is 0.256 e. The Balaban J connectivity index is 2.24. The third kappa shape index (κ3) is 2.19.